The number of nitriles is 1. The first-order chi connectivity index (χ1) is 8.19. The molecule has 0 aliphatic carbocycles. The molecule has 0 unspecified atom stereocenters. The number of rotatable bonds is 2. The first kappa shape index (κ1) is 11.8. The summed E-state index contributed by atoms with van der Waals surface area (Å²) in [4.78, 5) is 4.09. The molecule has 0 fully saturated rings. The van der Waals surface area contributed by atoms with Gasteiger partial charge in [0.05, 0.1) is 17.3 Å². The van der Waals surface area contributed by atoms with Crippen LogP contribution in [0.3, 0.4) is 0 Å². The summed E-state index contributed by atoms with van der Waals surface area (Å²) < 4.78 is 13.7. The maximum Gasteiger partial charge on any atom is 0.131 e. The smallest absolute Gasteiger partial charge is 0.131 e. The normalized spacial score (nSPS) is 9.71. The Morgan fingerprint density at radius 1 is 1.29 bits per heavy atom. The molecule has 84 valence electrons. The summed E-state index contributed by atoms with van der Waals surface area (Å²) in [7, 11) is 0. The van der Waals surface area contributed by atoms with Gasteiger partial charge in [-0.15, -0.1) is 0 Å². The van der Waals surface area contributed by atoms with E-state index in [-0.39, 0.29) is 5.82 Å². The van der Waals surface area contributed by atoms with E-state index in [2.05, 4.69) is 10.3 Å². The Hall–Kier alpha value is -1.68. The molecule has 1 N–H and O–H groups in total. The highest BCUT2D eigenvalue weighted by atomic mass is 127. The number of hydrogen-bond donors (Lipinski definition) is 1. The topological polar surface area (TPSA) is 48.7 Å². The molecule has 0 atom stereocenters. The summed E-state index contributed by atoms with van der Waals surface area (Å²) in [6, 6.07) is 9.74. The van der Waals surface area contributed by atoms with Gasteiger partial charge in [-0.3, -0.25) is 0 Å². The number of aromatic nitrogens is 1. The van der Waals surface area contributed by atoms with Crippen molar-refractivity contribution in [3.63, 3.8) is 0 Å². The van der Waals surface area contributed by atoms with Gasteiger partial charge in [-0.05, 0) is 52.9 Å². The third-order valence-electron chi connectivity index (χ3n) is 2.08. The van der Waals surface area contributed by atoms with Crippen LogP contribution in [0.2, 0.25) is 0 Å². The summed E-state index contributed by atoms with van der Waals surface area (Å²) in [6.45, 7) is 0. The molecule has 1 aromatic carbocycles. The van der Waals surface area contributed by atoms with E-state index in [9.17, 15) is 4.39 Å². The fourth-order valence-corrected chi connectivity index (χ4v) is 1.91. The Bertz CT molecular complexity index is 593. The summed E-state index contributed by atoms with van der Waals surface area (Å²) in [5.74, 6) is 0.284. The molecule has 1 heterocycles. The zero-order valence-electron chi connectivity index (χ0n) is 8.61. The minimum absolute atomic E-state index is 0.279. The fourth-order valence-electron chi connectivity index (χ4n) is 1.30. The van der Waals surface area contributed by atoms with Gasteiger partial charge in [0.2, 0.25) is 0 Å². The van der Waals surface area contributed by atoms with Gasteiger partial charge in [0.1, 0.15) is 11.6 Å². The van der Waals surface area contributed by atoms with Crippen LogP contribution in [0.25, 0.3) is 0 Å². The first-order valence-corrected chi connectivity index (χ1v) is 5.85. The van der Waals surface area contributed by atoms with Crippen LogP contribution in [0.5, 0.6) is 0 Å². The zero-order chi connectivity index (χ0) is 12.3. The standard InChI is InChI=1S/C12H7FIN3/c13-9-1-2-11(10(14)6-9)17-12-5-8(7-15)3-4-16-12/h1-6H,(H,16,17). The van der Waals surface area contributed by atoms with Gasteiger partial charge < -0.3 is 5.32 Å². The van der Waals surface area contributed by atoms with E-state index in [1.165, 1.54) is 12.1 Å². The van der Waals surface area contributed by atoms with Gasteiger partial charge in [0.15, 0.2) is 0 Å². The summed E-state index contributed by atoms with van der Waals surface area (Å²) in [5.41, 5.74) is 1.29. The lowest BCUT2D eigenvalue weighted by molar-refractivity contribution is 0.627. The van der Waals surface area contributed by atoms with E-state index in [0.717, 1.165) is 9.26 Å². The van der Waals surface area contributed by atoms with Crippen molar-refractivity contribution < 1.29 is 4.39 Å². The van der Waals surface area contributed by atoms with Crippen molar-refractivity contribution >= 4 is 34.1 Å². The monoisotopic (exact) mass is 339 g/mol. The average molecular weight is 339 g/mol. The maximum absolute atomic E-state index is 12.9. The molecule has 3 nitrogen and oxygen atoms in total. The van der Waals surface area contributed by atoms with E-state index in [1.54, 1.807) is 24.4 Å². The molecule has 1 aromatic heterocycles. The number of pyridine rings is 1. The minimum Gasteiger partial charge on any atom is -0.339 e. The number of anilines is 2. The predicted octanol–water partition coefficient (Wildman–Crippen LogP) is 3.44. The van der Waals surface area contributed by atoms with Crippen molar-refractivity contribution in [1.29, 1.82) is 5.26 Å². The van der Waals surface area contributed by atoms with E-state index < -0.39 is 0 Å². The molecule has 0 bridgehead atoms. The first-order valence-electron chi connectivity index (χ1n) is 4.77. The average Bonchev–Trinajstić information content (AvgIpc) is 2.33. The largest absolute Gasteiger partial charge is 0.339 e. The second-order valence-corrected chi connectivity index (χ2v) is 4.45. The lowest BCUT2D eigenvalue weighted by Gasteiger charge is -2.07. The van der Waals surface area contributed by atoms with Crippen LogP contribution < -0.4 is 5.32 Å². The van der Waals surface area contributed by atoms with Crippen molar-refractivity contribution in [2.45, 2.75) is 0 Å². The number of benzene rings is 1. The molecule has 0 amide bonds. The molecule has 17 heavy (non-hydrogen) atoms. The highest BCUT2D eigenvalue weighted by Crippen LogP contribution is 2.22. The molecule has 0 saturated heterocycles. The summed E-state index contributed by atoms with van der Waals surface area (Å²) in [5, 5.41) is 11.8. The number of nitrogens with zero attached hydrogens (tertiary/aromatic N) is 2. The highest BCUT2D eigenvalue weighted by Gasteiger charge is 2.03. The Labute approximate surface area is 111 Å². The molecule has 0 radical (unpaired) electrons. The second kappa shape index (κ2) is 5.10. The van der Waals surface area contributed by atoms with Crippen molar-refractivity contribution in [2.75, 3.05) is 5.32 Å². The second-order valence-electron chi connectivity index (χ2n) is 3.29. The minimum atomic E-state index is -0.279. The Balaban J connectivity index is 2.28. The van der Waals surface area contributed by atoms with Crippen LogP contribution in [0.4, 0.5) is 15.9 Å². The number of hydrogen-bond acceptors (Lipinski definition) is 3. The molecule has 5 heteroatoms. The molecule has 0 saturated carbocycles. The van der Waals surface area contributed by atoms with Crippen molar-refractivity contribution in [1.82, 2.24) is 4.98 Å². The number of nitrogens with one attached hydrogen (secondary N) is 1. The van der Waals surface area contributed by atoms with Crippen LogP contribution in [0.15, 0.2) is 36.5 Å². The zero-order valence-corrected chi connectivity index (χ0v) is 10.8. The quantitative estimate of drug-likeness (QED) is 0.853. The number of halogens is 2. The van der Waals surface area contributed by atoms with Crippen molar-refractivity contribution in [3.05, 3.63) is 51.5 Å². The van der Waals surface area contributed by atoms with Gasteiger partial charge in [-0.25, -0.2) is 9.37 Å². The van der Waals surface area contributed by atoms with Gasteiger partial charge in [-0.2, -0.15) is 5.26 Å². The molecular weight excluding hydrogens is 332 g/mol. The van der Waals surface area contributed by atoms with Crippen LogP contribution in [-0.4, -0.2) is 4.98 Å². The van der Waals surface area contributed by atoms with E-state index in [0.29, 0.717) is 11.4 Å². The lowest BCUT2D eigenvalue weighted by Crippen LogP contribution is -1.96. The molecule has 0 aliphatic rings. The van der Waals surface area contributed by atoms with E-state index in [4.69, 9.17) is 5.26 Å². The lowest BCUT2D eigenvalue weighted by atomic mass is 10.2. The SMILES string of the molecule is N#Cc1ccnc(Nc2ccc(F)cc2I)c1. The summed E-state index contributed by atoms with van der Waals surface area (Å²) >= 11 is 2.04. The van der Waals surface area contributed by atoms with Crippen LogP contribution in [0, 0.1) is 20.7 Å². The Morgan fingerprint density at radius 3 is 2.82 bits per heavy atom. The van der Waals surface area contributed by atoms with Gasteiger partial charge >= 0.3 is 0 Å². The molecule has 2 aromatic rings. The maximum atomic E-state index is 12.9. The molecule has 0 spiro atoms. The van der Waals surface area contributed by atoms with Crippen molar-refractivity contribution in [3.8, 4) is 6.07 Å². The van der Waals surface area contributed by atoms with E-state index >= 15 is 0 Å². The van der Waals surface area contributed by atoms with Gasteiger partial charge in [0.25, 0.3) is 0 Å². The molecule has 0 aliphatic heterocycles. The molecule has 2 rings (SSSR count). The summed E-state index contributed by atoms with van der Waals surface area (Å²) in [6.07, 6.45) is 1.55. The van der Waals surface area contributed by atoms with Crippen molar-refractivity contribution in [2.24, 2.45) is 0 Å². The Morgan fingerprint density at radius 2 is 2.12 bits per heavy atom. The third kappa shape index (κ3) is 2.91. The van der Waals surface area contributed by atoms with Crippen LogP contribution in [-0.2, 0) is 0 Å². The van der Waals surface area contributed by atoms with Crippen LogP contribution >= 0.6 is 22.6 Å². The predicted molar refractivity (Wildman–Crippen MR) is 71.4 cm³/mol. The van der Waals surface area contributed by atoms with E-state index in [1.807, 2.05) is 28.7 Å². The Kier molecular flexibility index (Phi) is 3.54. The van der Waals surface area contributed by atoms with Gasteiger partial charge in [0, 0.05) is 9.77 Å². The fraction of sp³-hybridized carbons (Fsp3) is 0. The third-order valence-corrected chi connectivity index (χ3v) is 2.98. The van der Waals surface area contributed by atoms with Gasteiger partial charge in [-0.1, -0.05) is 0 Å². The highest BCUT2D eigenvalue weighted by molar-refractivity contribution is 14.1. The molecular formula is C12H7FIN3. The van der Waals surface area contributed by atoms with Crippen LogP contribution in [0.1, 0.15) is 5.56 Å².